The molecule has 1 atom stereocenters. The Morgan fingerprint density at radius 3 is 2.95 bits per heavy atom. The zero-order chi connectivity index (χ0) is 13.2. The Morgan fingerprint density at radius 1 is 1.37 bits per heavy atom. The number of aromatic nitrogens is 2. The Bertz CT molecular complexity index is 593. The normalized spacial score (nSPS) is 17.8. The maximum Gasteiger partial charge on any atom is 0.241 e. The van der Waals surface area contributed by atoms with Crippen LogP contribution in [0.3, 0.4) is 0 Å². The highest BCUT2D eigenvalue weighted by molar-refractivity contribution is 14.1. The lowest BCUT2D eigenvalue weighted by Crippen LogP contribution is -2.44. The second-order valence-electron chi connectivity index (χ2n) is 4.46. The van der Waals surface area contributed by atoms with Crippen molar-refractivity contribution in [1.29, 1.82) is 0 Å². The van der Waals surface area contributed by atoms with Gasteiger partial charge < -0.3 is 10.3 Å². The molecule has 1 aromatic carbocycles. The number of hydrogen-bond donors (Lipinski definition) is 3. The first-order valence-corrected chi connectivity index (χ1v) is 7.11. The first kappa shape index (κ1) is 12.6. The van der Waals surface area contributed by atoms with E-state index in [1.165, 1.54) is 0 Å². The fraction of sp³-hybridized carbons (Fsp3) is 0.231. The van der Waals surface area contributed by atoms with Gasteiger partial charge in [-0.3, -0.25) is 10.1 Å². The molecule has 19 heavy (non-hydrogen) atoms. The third-order valence-corrected chi connectivity index (χ3v) is 3.88. The van der Waals surface area contributed by atoms with Gasteiger partial charge in [-0.25, -0.2) is 4.98 Å². The molecule has 2 heterocycles. The number of anilines is 1. The van der Waals surface area contributed by atoms with E-state index < -0.39 is 0 Å². The molecule has 0 bridgehead atoms. The average molecular weight is 368 g/mol. The van der Waals surface area contributed by atoms with Crippen molar-refractivity contribution in [2.45, 2.75) is 19.0 Å². The number of fused-ring (bicyclic) bond motifs is 1. The maximum atomic E-state index is 12.2. The molecule has 6 heteroatoms. The van der Waals surface area contributed by atoms with Crippen LogP contribution in [0, 0.1) is 3.57 Å². The zero-order valence-electron chi connectivity index (χ0n) is 10.1. The number of halogens is 1. The molecule has 1 aliphatic rings. The van der Waals surface area contributed by atoms with E-state index in [9.17, 15) is 4.79 Å². The Labute approximate surface area is 124 Å². The maximum absolute atomic E-state index is 12.2. The molecular formula is C13H13IN4O. The second-order valence-corrected chi connectivity index (χ2v) is 5.71. The van der Waals surface area contributed by atoms with Gasteiger partial charge in [0.15, 0.2) is 0 Å². The van der Waals surface area contributed by atoms with Crippen LogP contribution < -0.4 is 10.6 Å². The summed E-state index contributed by atoms with van der Waals surface area (Å²) in [7, 11) is 0. The van der Waals surface area contributed by atoms with Crippen molar-refractivity contribution in [3.05, 3.63) is 45.6 Å². The number of nitrogens with one attached hydrogen (secondary N) is 3. The summed E-state index contributed by atoms with van der Waals surface area (Å²) in [4.78, 5) is 19.5. The largest absolute Gasteiger partial charge is 0.347 e. The molecule has 0 saturated heterocycles. The van der Waals surface area contributed by atoms with Crippen LogP contribution in [-0.4, -0.2) is 21.9 Å². The highest BCUT2D eigenvalue weighted by atomic mass is 127. The van der Waals surface area contributed by atoms with Gasteiger partial charge in [0.1, 0.15) is 0 Å². The van der Waals surface area contributed by atoms with E-state index in [0.29, 0.717) is 13.0 Å². The van der Waals surface area contributed by atoms with Crippen LogP contribution in [0.2, 0.25) is 0 Å². The lowest BCUT2D eigenvalue weighted by Gasteiger charge is -2.22. The molecule has 3 N–H and O–H groups in total. The Hall–Kier alpha value is -1.41. The molecule has 5 nitrogen and oxygen atoms in total. The minimum absolute atomic E-state index is 0.0186. The number of hydrogen-bond acceptors (Lipinski definition) is 3. The SMILES string of the molecule is O=C(Nc1ccc(I)cc1)C1Cc2nc[nH]c2CN1. The van der Waals surface area contributed by atoms with E-state index in [1.807, 2.05) is 24.3 Å². The molecule has 98 valence electrons. The van der Waals surface area contributed by atoms with Gasteiger partial charge in [-0.05, 0) is 46.9 Å². The van der Waals surface area contributed by atoms with Crippen LogP contribution >= 0.6 is 22.6 Å². The van der Waals surface area contributed by atoms with Gasteiger partial charge in [0, 0.05) is 22.2 Å². The lowest BCUT2D eigenvalue weighted by molar-refractivity contribution is -0.118. The number of carbonyl (C=O) groups is 1. The fourth-order valence-corrected chi connectivity index (χ4v) is 2.48. The van der Waals surface area contributed by atoms with E-state index in [-0.39, 0.29) is 11.9 Å². The molecule has 0 aliphatic carbocycles. The minimum atomic E-state index is -0.227. The van der Waals surface area contributed by atoms with Crippen LogP contribution in [0.1, 0.15) is 11.4 Å². The topological polar surface area (TPSA) is 69.8 Å². The Balaban J connectivity index is 1.67. The van der Waals surface area contributed by atoms with Crippen molar-refractivity contribution in [3.63, 3.8) is 0 Å². The Morgan fingerprint density at radius 2 is 2.16 bits per heavy atom. The van der Waals surface area contributed by atoms with Crippen LogP contribution in [0.5, 0.6) is 0 Å². The van der Waals surface area contributed by atoms with Crippen molar-refractivity contribution in [3.8, 4) is 0 Å². The molecule has 0 radical (unpaired) electrons. The minimum Gasteiger partial charge on any atom is -0.347 e. The summed E-state index contributed by atoms with van der Waals surface area (Å²) in [5, 5.41) is 6.13. The van der Waals surface area contributed by atoms with E-state index in [1.54, 1.807) is 6.33 Å². The highest BCUT2D eigenvalue weighted by Crippen LogP contribution is 2.15. The predicted octanol–water partition coefficient (Wildman–Crippen LogP) is 1.67. The highest BCUT2D eigenvalue weighted by Gasteiger charge is 2.25. The molecule has 3 rings (SSSR count). The third kappa shape index (κ3) is 2.79. The first-order chi connectivity index (χ1) is 9.22. The molecule has 1 aliphatic heterocycles. The summed E-state index contributed by atoms with van der Waals surface area (Å²) in [5.74, 6) is -0.0186. The summed E-state index contributed by atoms with van der Waals surface area (Å²) >= 11 is 2.24. The average Bonchev–Trinajstić information content (AvgIpc) is 2.88. The van der Waals surface area contributed by atoms with E-state index in [0.717, 1.165) is 20.6 Å². The molecule has 0 fully saturated rings. The van der Waals surface area contributed by atoms with Crippen molar-refractivity contribution < 1.29 is 4.79 Å². The number of H-pyrrole nitrogens is 1. The van der Waals surface area contributed by atoms with E-state index in [2.05, 4.69) is 43.2 Å². The number of nitrogens with zero attached hydrogens (tertiary/aromatic N) is 1. The number of rotatable bonds is 2. The first-order valence-electron chi connectivity index (χ1n) is 6.03. The Kier molecular flexibility index (Phi) is 3.52. The lowest BCUT2D eigenvalue weighted by atomic mass is 10.0. The van der Waals surface area contributed by atoms with Gasteiger partial charge in [0.2, 0.25) is 5.91 Å². The monoisotopic (exact) mass is 368 g/mol. The summed E-state index contributed by atoms with van der Waals surface area (Å²) in [6.45, 7) is 0.653. The standard InChI is InChI=1S/C13H13IN4O/c14-8-1-3-9(4-2-8)18-13(19)11-5-10-12(6-15-11)17-7-16-10/h1-4,7,11,15H,5-6H2,(H,16,17)(H,18,19). The van der Waals surface area contributed by atoms with Crippen molar-refractivity contribution in [1.82, 2.24) is 15.3 Å². The van der Waals surface area contributed by atoms with Crippen molar-refractivity contribution in [2.24, 2.45) is 0 Å². The molecule has 1 unspecified atom stereocenters. The smallest absolute Gasteiger partial charge is 0.241 e. The van der Waals surface area contributed by atoms with E-state index >= 15 is 0 Å². The third-order valence-electron chi connectivity index (χ3n) is 3.16. The summed E-state index contributed by atoms with van der Waals surface area (Å²) in [5.41, 5.74) is 2.86. The number of aromatic amines is 1. The van der Waals surface area contributed by atoms with Gasteiger partial charge in [-0.15, -0.1) is 0 Å². The number of carbonyl (C=O) groups excluding carboxylic acids is 1. The van der Waals surface area contributed by atoms with Crippen LogP contribution in [0.4, 0.5) is 5.69 Å². The number of benzene rings is 1. The van der Waals surface area contributed by atoms with Gasteiger partial charge in [-0.1, -0.05) is 0 Å². The van der Waals surface area contributed by atoms with Crippen LogP contribution in [0.15, 0.2) is 30.6 Å². The van der Waals surface area contributed by atoms with Crippen molar-refractivity contribution in [2.75, 3.05) is 5.32 Å². The predicted molar refractivity (Wildman–Crippen MR) is 80.7 cm³/mol. The quantitative estimate of drug-likeness (QED) is 0.707. The molecule has 1 aromatic heterocycles. The molecule has 0 spiro atoms. The summed E-state index contributed by atoms with van der Waals surface area (Å²) < 4.78 is 1.15. The molecular weight excluding hydrogens is 355 g/mol. The number of amides is 1. The van der Waals surface area contributed by atoms with Crippen LogP contribution in [0.25, 0.3) is 0 Å². The van der Waals surface area contributed by atoms with Gasteiger partial charge in [0.05, 0.1) is 23.8 Å². The van der Waals surface area contributed by atoms with Crippen molar-refractivity contribution >= 4 is 34.2 Å². The summed E-state index contributed by atoms with van der Waals surface area (Å²) in [6, 6.07) is 7.52. The van der Waals surface area contributed by atoms with Gasteiger partial charge >= 0.3 is 0 Å². The fourth-order valence-electron chi connectivity index (χ4n) is 2.12. The zero-order valence-corrected chi connectivity index (χ0v) is 12.3. The van der Waals surface area contributed by atoms with E-state index in [4.69, 9.17) is 0 Å². The molecule has 2 aromatic rings. The second kappa shape index (κ2) is 5.30. The van der Waals surface area contributed by atoms with Crippen LogP contribution in [-0.2, 0) is 17.8 Å². The number of imidazole rings is 1. The molecule has 1 amide bonds. The molecule has 0 saturated carbocycles. The van der Waals surface area contributed by atoms with Gasteiger partial charge in [0.25, 0.3) is 0 Å². The van der Waals surface area contributed by atoms with Gasteiger partial charge in [-0.2, -0.15) is 0 Å². The summed E-state index contributed by atoms with van der Waals surface area (Å²) in [6.07, 6.45) is 2.29.